The second-order valence-electron chi connectivity index (χ2n) is 6.16. The molecule has 1 aliphatic heterocycles. The number of carbonyl (C=O) groups excluding carboxylic acids is 3. The molecule has 27 heavy (non-hydrogen) atoms. The van der Waals surface area contributed by atoms with Crippen molar-refractivity contribution in [1.82, 2.24) is 10.6 Å². The van der Waals surface area contributed by atoms with Gasteiger partial charge < -0.3 is 20.1 Å². The summed E-state index contributed by atoms with van der Waals surface area (Å²) >= 11 is 0. The van der Waals surface area contributed by atoms with E-state index < -0.39 is 28.9 Å². The molecule has 0 saturated carbocycles. The maximum Gasteiger partial charge on any atom is 0.407 e. The molecule has 0 bridgehead atoms. The number of nitrogens with one attached hydrogen (secondary N) is 2. The van der Waals surface area contributed by atoms with Crippen LogP contribution in [0.1, 0.15) is 25.8 Å². The van der Waals surface area contributed by atoms with Gasteiger partial charge in [0.2, 0.25) is 5.91 Å². The molecule has 0 aromatic heterocycles. The first-order valence-corrected chi connectivity index (χ1v) is 8.39. The Labute approximate surface area is 155 Å². The molecule has 0 radical (unpaired) electrons. The molecule has 1 aliphatic rings. The lowest BCUT2D eigenvalue weighted by Gasteiger charge is -2.40. The number of hydrogen-bond donors (Lipinski definition) is 2. The van der Waals surface area contributed by atoms with Crippen molar-refractivity contribution in [2.24, 2.45) is 5.92 Å². The van der Waals surface area contributed by atoms with E-state index in [9.17, 15) is 24.5 Å². The zero-order valence-corrected chi connectivity index (χ0v) is 15.0. The number of carbonyl (C=O) groups is 3. The lowest BCUT2D eigenvalue weighted by atomic mass is 9.83. The van der Waals surface area contributed by atoms with Crippen LogP contribution in [0.5, 0.6) is 0 Å². The molecule has 0 spiro atoms. The van der Waals surface area contributed by atoms with Crippen molar-refractivity contribution in [2.75, 3.05) is 6.61 Å². The van der Waals surface area contributed by atoms with Gasteiger partial charge in [-0.15, -0.1) is 0 Å². The minimum atomic E-state index is -0.779. The number of nitro groups is 1. The van der Waals surface area contributed by atoms with Crippen LogP contribution in [0.4, 0.5) is 10.5 Å². The largest absolute Gasteiger partial charge is 0.466 e. The highest BCUT2D eigenvalue weighted by molar-refractivity contribution is 5.87. The van der Waals surface area contributed by atoms with Gasteiger partial charge in [0.15, 0.2) is 0 Å². The van der Waals surface area contributed by atoms with Crippen molar-refractivity contribution in [3.05, 3.63) is 39.9 Å². The fourth-order valence-electron chi connectivity index (χ4n) is 2.88. The first-order valence-electron chi connectivity index (χ1n) is 8.39. The Bertz CT molecular complexity index is 737. The average Bonchev–Trinajstić information content (AvgIpc) is 2.58. The SMILES string of the molecule is CC(=O)OCC[C@H]1NC(=O)[C@@H]1C(C)NC(=O)OCc1ccccc1[N+](=O)[O-]. The van der Waals surface area contributed by atoms with Gasteiger partial charge in [0.25, 0.3) is 5.69 Å². The normalized spacial score (nSPS) is 19.3. The van der Waals surface area contributed by atoms with Crippen molar-refractivity contribution in [2.45, 2.75) is 39.0 Å². The maximum absolute atomic E-state index is 12.0. The monoisotopic (exact) mass is 379 g/mol. The van der Waals surface area contributed by atoms with Crippen molar-refractivity contribution >= 4 is 23.7 Å². The molecule has 1 aromatic carbocycles. The van der Waals surface area contributed by atoms with Gasteiger partial charge in [0, 0.05) is 31.5 Å². The van der Waals surface area contributed by atoms with Gasteiger partial charge in [-0.05, 0) is 13.0 Å². The first-order chi connectivity index (χ1) is 12.8. The van der Waals surface area contributed by atoms with Crippen LogP contribution >= 0.6 is 0 Å². The van der Waals surface area contributed by atoms with E-state index in [1.54, 1.807) is 13.0 Å². The number of rotatable bonds is 8. The van der Waals surface area contributed by atoms with Crippen LogP contribution in [0.2, 0.25) is 0 Å². The van der Waals surface area contributed by atoms with Crippen molar-refractivity contribution in [1.29, 1.82) is 0 Å². The van der Waals surface area contributed by atoms with Gasteiger partial charge in [-0.3, -0.25) is 19.7 Å². The molecule has 3 atom stereocenters. The van der Waals surface area contributed by atoms with Crippen LogP contribution < -0.4 is 10.6 Å². The third-order valence-corrected chi connectivity index (χ3v) is 4.23. The summed E-state index contributed by atoms with van der Waals surface area (Å²) in [4.78, 5) is 44.9. The van der Waals surface area contributed by atoms with Gasteiger partial charge in [0.1, 0.15) is 6.61 Å². The summed E-state index contributed by atoms with van der Waals surface area (Å²) in [5, 5.41) is 16.2. The minimum Gasteiger partial charge on any atom is -0.466 e. The van der Waals surface area contributed by atoms with Gasteiger partial charge in [0.05, 0.1) is 23.0 Å². The Hall–Kier alpha value is -3.17. The average molecular weight is 379 g/mol. The molecule has 1 fully saturated rings. The van der Waals surface area contributed by atoms with Gasteiger partial charge in [-0.2, -0.15) is 0 Å². The fourth-order valence-corrected chi connectivity index (χ4v) is 2.88. The molecule has 1 aromatic rings. The van der Waals surface area contributed by atoms with Crippen LogP contribution in [0.25, 0.3) is 0 Å². The van der Waals surface area contributed by atoms with E-state index in [1.807, 2.05) is 0 Å². The van der Waals surface area contributed by atoms with Crippen molar-refractivity contribution in [3.8, 4) is 0 Å². The van der Waals surface area contributed by atoms with Crippen molar-refractivity contribution in [3.63, 3.8) is 0 Å². The van der Waals surface area contributed by atoms with E-state index in [0.29, 0.717) is 6.42 Å². The molecule has 1 heterocycles. The zero-order chi connectivity index (χ0) is 20.0. The van der Waals surface area contributed by atoms with E-state index in [-0.39, 0.29) is 36.4 Å². The third kappa shape index (κ3) is 5.40. The molecule has 2 rings (SSSR count). The van der Waals surface area contributed by atoms with Gasteiger partial charge >= 0.3 is 12.1 Å². The van der Waals surface area contributed by atoms with Crippen LogP contribution in [0.3, 0.4) is 0 Å². The standard InChI is InChI=1S/C17H21N3O7/c1-10(15-13(19-16(15)22)7-8-26-11(2)21)18-17(23)27-9-12-5-3-4-6-14(12)20(24)25/h3-6,10,13,15H,7-9H2,1-2H3,(H,18,23)(H,19,22)/t10?,13-,15-/m1/s1. The molecule has 0 aliphatic carbocycles. The summed E-state index contributed by atoms with van der Waals surface area (Å²) < 4.78 is 9.89. The summed E-state index contributed by atoms with van der Waals surface area (Å²) in [7, 11) is 0. The van der Waals surface area contributed by atoms with E-state index >= 15 is 0 Å². The molecule has 2 amide bonds. The lowest BCUT2D eigenvalue weighted by Crippen LogP contribution is -2.65. The molecular formula is C17H21N3O7. The summed E-state index contributed by atoms with van der Waals surface area (Å²) in [5.74, 6) is -1.09. The highest BCUT2D eigenvalue weighted by Crippen LogP contribution is 2.22. The van der Waals surface area contributed by atoms with E-state index in [1.165, 1.54) is 25.1 Å². The fraction of sp³-hybridized carbons (Fsp3) is 0.471. The van der Waals surface area contributed by atoms with E-state index in [2.05, 4.69) is 10.6 Å². The summed E-state index contributed by atoms with van der Waals surface area (Å²) in [6, 6.07) is 5.22. The maximum atomic E-state index is 12.0. The second kappa shape index (κ2) is 8.97. The molecule has 10 nitrogen and oxygen atoms in total. The predicted molar refractivity (Wildman–Crippen MR) is 92.5 cm³/mol. The predicted octanol–water partition coefficient (Wildman–Crippen LogP) is 1.28. The number of para-hydroxylation sites is 1. The Kier molecular flexibility index (Phi) is 6.69. The van der Waals surface area contributed by atoms with Gasteiger partial charge in [-0.1, -0.05) is 12.1 Å². The Balaban J connectivity index is 1.83. The van der Waals surface area contributed by atoms with Crippen LogP contribution in [0, 0.1) is 16.0 Å². The Morgan fingerprint density at radius 3 is 2.67 bits per heavy atom. The number of hydrogen-bond acceptors (Lipinski definition) is 7. The molecule has 1 saturated heterocycles. The summed E-state index contributed by atoms with van der Waals surface area (Å²) in [5.41, 5.74) is 0.133. The minimum absolute atomic E-state index is 0.137. The molecule has 2 N–H and O–H groups in total. The molecule has 1 unspecified atom stereocenters. The van der Waals surface area contributed by atoms with Crippen LogP contribution in [-0.2, 0) is 25.7 Å². The quantitative estimate of drug-likeness (QED) is 0.300. The third-order valence-electron chi connectivity index (χ3n) is 4.23. The summed E-state index contributed by atoms with van der Waals surface area (Å²) in [6.07, 6.45) is -0.341. The number of benzene rings is 1. The lowest BCUT2D eigenvalue weighted by molar-refractivity contribution is -0.385. The first kappa shape index (κ1) is 20.1. The zero-order valence-electron chi connectivity index (χ0n) is 15.0. The topological polar surface area (TPSA) is 137 Å². The molecule has 146 valence electrons. The van der Waals surface area contributed by atoms with E-state index in [0.717, 1.165) is 0 Å². The van der Waals surface area contributed by atoms with Crippen LogP contribution in [-0.4, -0.2) is 41.6 Å². The second-order valence-corrected chi connectivity index (χ2v) is 6.16. The summed E-state index contributed by atoms with van der Waals surface area (Å²) in [6.45, 7) is 2.87. The highest BCUT2D eigenvalue weighted by atomic mass is 16.6. The molecule has 10 heteroatoms. The number of alkyl carbamates (subject to hydrolysis) is 1. The number of β-lactam (4-membered cyclic amide) rings is 1. The number of nitro benzene ring substituents is 1. The number of ether oxygens (including phenoxy) is 2. The van der Waals surface area contributed by atoms with Crippen molar-refractivity contribution < 1.29 is 28.8 Å². The van der Waals surface area contributed by atoms with Gasteiger partial charge in [-0.25, -0.2) is 4.79 Å². The molecular weight excluding hydrogens is 358 g/mol. The van der Waals surface area contributed by atoms with E-state index in [4.69, 9.17) is 9.47 Å². The number of nitrogens with zero attached hydrogens (tertiary/aromatic N) is 1. The number of esters is 1. The number of amides is 2. The Morgan fingerprint density at radius 2 is 2.04 bits per heavy atom. The smallest absolute Gasteiger partial charge is 0.407 e. The highest BCUT2D eigenvalue weighted by Gasteiger charge is 2.43. The van der Waals surface area contributed by atoms with Crippen LogP contribution in [0.15, 0.2) is 24.3 Å². The Morgan fingerprint density at radius 1 is 1.33 bits per heavy atom.